The standard InChI is InChI=1S/C33H42N8O3/c1-19-25(23(17-40-13-5-3-6-14-40)34-27(19)32-38-36-30(43-32)21-9-10-21)29(42)26-20(2)28(33-39-37-31(44-33)22-11-12-22)35-24(26)18-41-15-7-4-8-16-41/h21-22,34-35H,3-18H2,1-2H3. The van der Waals surface area contributed by atoms with Gasteiger partial charge in [0.05, 0.1) is 0 Å². The number of nitrogens with one attached hydrogen (secondary N) is 2. The van der Waals surface area contributed by atoms with E-state index in [0.29, 0.717) is 59.6 Å². The third-order valence-corrected chi connectivity index (χ3v) is 9.93. The molecule has 232 valence electrons. The van der Waals surface area contributed by atoms with E-state index in [1.807, 2.05) is 13.8 Å². The summed E-state index contributed by atoms with van der Waals surface area (Å²) < 4.78 is 12.3. The fourth-order valence-corrected chi connectivity index (χ4v) is 7.07. The fraction of sp³-hybridized carbons (Fsp3) is 0.606. The number of carbonyl (C=O) groups is 1. The second-order valence-electron chi connectivity index (χ2n) is 13.4. The number of ketones is 1. The molecule has 11 heteroatoms. The first-order chi connectivity index (χ1) is 21.5. The fourth-order valence-electron chi connectivity index (χ4n) is 7.07. The van der Waals surface area contributed by atoms with Gasteiger partial charge >= 0.3 is 0 Å². The lowest BCUT2D eigenvalue weighted by Gasteiger charge is -2.27. The lowest BCUT2D eigenvalue weighted by atomic mass is 9.95. The predicted octanol–water partition coefficient (Wildman–Crippen LogP) is 6.02. The number of rotatable bonds is 10. The van der Waals surface area contributed by atoms with Crippen molar-refractivity contribution in [3.63, 3.8) is 0 Å². The van der Waals surface area contributed by atoms with Crippen LogP contribution in [0.3, 0.4) is 0 Å². The molecule has 4 aliphatic rings. The molecule has 2 saturated carbocycles. The first kappa shape index (κ1) is 27.9. The zero-order valence-electron chi connectivity index (χ0n) is 25.9. The van der Waals surface area contributed by atoms with Gasteiger partial charge in [-0.05, 0) is 103 Å². The Morgan fingerprint density at radius 1 is 0.659 bits per heavy atom. The topological polar surface area (TPSA) is 133 Å². The summed E-state index contributed by atoms with van der Waals surface area (Å²) >= 11 is 0. The highest BCUT2D eigenvalue weighted by molar-refractivity contribution is 6.14. The molecule has 2 N–H and O–H groups in total. The number of hydrogen-bond acceptors (Lipinski definition) is 9. The molecule has 8 rings (SSSR count). The second kappa shape index (κ2) is 11.4. The van der Waals surface area contributed by atoms with Crippen LogP contribution in [0.4, 0.5) is 0 Å². The van der Waals surface area contributed by atoms with Crippen LogP contribution in [0.5, 0.6) is 0 Å². The van der Waals surface area contributed by atoms with Gasteiger partial charge in [0, 0.05) is 47.4 Å². The summed E-state index contributed by atoms with van der Waals surface area (Å²) in [6.07, 6.45) is 11.6. The molecular formula is C33H42N8O3. The number of nitrogens with zero attached hydrogens (tertiary/aromatic N) is 6. The Bertz CT molecular complexity index is 1540. The molecule has 0 aromatic carbocycles. The minimum absolute atomic E-state index is 0.00730. The molecule has 0 atom stereocenters. The number of hydrogen-bond donors (Lipinski definition) is 2. The average molecular weight is 599 g/mol. The van der Waals surface area contributed by atoms with Crippen molar-refractivity contribution in [3.8, 4) is 23.2 Å². The molecule has 4 aromatic rings. The Kier molecular flexibility index (Phi) is 7.25. The first-order valence-corrected chi connectivity index (χ1v) is 16.6. The first-order valence-electron chi connectivity index (χ1n) is 16.6. The summed E-state index contributed by atoms with van der Waals surface area (Å²) in [5.41, 5.74) is 6.43. The van der Waals surface area contributed by atoms with E-state index < -0.39 is 0 Å². The van der Waals surface area contributed by atoms with Crippen LogP contribution in [0.25, 0.3) is 23.2 Å². The van der Waals surface area contributed by atoms with Gasteiger partial charge in [0.25, 0.3) is 11.8 Å². The van der Waals surface area contributed by atoms with E-state index in [0.717, 1.165) is 85.8 Å². The summed E-state index contributed by atoms with van der Waals surface area (Å²) in [7, 11) is 0. The SMILES string of the molecule is Cc1c(-c2nnc(C3CC3)o2)[nH]c(CN2CCCCC2)c1C(=O)c1c(CN2CCCCC2)[nH]c(-c2nnc(C3CC3)o2)c1C. The Balaban J connectivity index is 1.21. The smallest absolute Gasteiger partial charge is 0.264 e. The van der Waals surface area contributed by atoms with Gasteiger partial charge in [-0.1, -0.05) is 12.8 Å². The van der Waals surface area contributed by atoms with Crippen LogP contribution in [0.1, 0.15) is 126 Å². The lowest BCUT2D eigenvalue weighted by molar-refractivity contribution is 0.103. The van der Waals surface area contributed by atoms with Crippen molar-refractivity contribution in [1.82, 2.24) is 40.2 Å². The van der Waals surface area contributed by atoms with Crippen molar-refractivity contribution in [2.75, 3.05) is 26.2 Å². The average Bonchev–Trinajstić information content (AvgIpc) is 3.91. The Labute approximate surface area is 257 Å². The van der Waals surface area contributed by atoms with Crippen molar-refractivity contribution in [2.24, 2.45) is 0 Å². The highest BCUT2D eigenvalue weighted by Gasteiger charge is 2.35. The molecular weight excluding hydrogens is 556 g/mol. The van der Waals surface area contributed by atoms with Crippen molar-refractivity contribution in [1.29, 1.82) is 0 Å². The monoisotopic (exact) mass is 598 g/mol. The molecule has 2 aliphatic carbocycles. The maximum absolute atomic E-state index is 14.9. The maximum Gasteiger partial charge on any atom is 0.264 e. The quantitative estimate of drug-likeness (QED) is 0.210. The number of aromatic nitrogens is 6. The molecule has 11 nitrogen and oxygen atoms in total. The van der Waals surface area contributed by atoms with Gasteiger partial charge in [-0.15, -0.1) is 20.4 Å². The van der Waals surface area contributed by atoms with Gasteiger partial charge in [-0.25, -0.2) is 0 Å². The molecule has 0 bridgehead atoms. The molecule has 0 spiro atoms. The van der Waals surface area contributed by atoms with Crippen LogP contribution in [-0.2, 0) is 13.1 Å². The highest BCUT2D eigenvalue weighted by Crippen LogP contribution is 2.42. The van der Waals surface area contributed by atoms with Crippen LogP contribution in [0.2, 0.25) is 0 Å². The molecule has 0 unspecified atom stereocenters. The molecule has 44 heavy (non-hydrogen) atoms. The summed E-state index contributed by atoms with van der Waals surface area (Å²) in [6, 6.07) is 0. The van der Waals surface area contributed by atoms with Gasteiger partial charge in [-0.2, -0.15) is 0 Å². The highest BCUT2D eigenvalue weighted by atomic mass is 16.4. The van der Waals surface area contributed by atoms with Gasteiger partial charge in [0.15, 0.2) is 5.78 Å². The molecule has 0 radical (unpaired) electrons. The van der Waals surface area contributed by atoms with Crippen LogP contribution >= 0.6 is 0 Å². The third kappa shape index (κ3) is 5.34. The van der Waals surface area contributed by atoms with Gasteiger partial charge < -0.3 is 18.8 Å². The zero-order valence-corrected chi connectivity index (χ0v) is 25.9. The van der Waals surface area contributed by atoms with E-state index in [2.05, 4.69) is 40.2 Å². The molecule has 0 amide bonds. The summed E-state index contributed by atoms with van der Waals surface area (Å²) in [4.78, 5) is 27.0. The molecule has 6 heterocycles. The Morgan fingerprint density at radius 3 is 1.45 bits per heavy atom. The van der Waals surface area contributed by atoms with E-state index in [9.17, 15) is 4.79 Å². The van der Waals surface area contributed by atoms with E-state index in [-0.39, 0.29) is 5.78 Å². The van der Waals surface area contributed by atoms with Crippen LogP contribution in [0.15, 0.2) is 8.83 Å². The van der Waals surface area contributed by atoms with Gasteiger partial charge in [-0.3, -0.25) is 14.6 Å². The maximum atomic E-state index is 14.9. The lowest BCUT2D eigenvalue weighted by Crippen LogP contribution is -2.30. The predicted molar refractivity (Wildman–Crippen MR) is 163 cm³/mol. The number of carbonyl (C=O) groups excluding carboxylic acids is 1. The number of H-pyrrole nitrogens is 2. The Hall–Kier alpha value is -3.57. The molecule has 4 fully saturated rings. The van der Waals surface area contributed by atoms with E-state index >= 15 is 0 Å². The van der Waals surface area contributed by atoms with Gasteiger partial charge in [0.1, 0.15) is 11.4 Å². The molecule has 4 aromatic heterocycles. The van der Waals surface area contributed by atoms with Crippen molar-refractivity contribution < 1.29 is 13.6 Å². The van der Waals surface area contributed by atoms with Crippen molar-refractivity contribution in [3.05, 3.63) is 45.4 Å². The number of aromatic amines is 2. The summed E-state index contributed by atoms with van der Waals surface area (Å²) in [6.45, 7) is 9.49. The summed E-state index contributed by atoms with van der Waals surface area (Å²) in [5.74, 6) is 3.04. The van der Waals surface area contributed by atoms with Crippen LogP contribution in [-0.4, -0.2) is 72.1 Å². The largest absolute Gasteiger partial charge is 0.419 e. The minimum atomic E-state index is 0.00730. The summed E-state index contributed by atoms with van der Waals surface area (Å²) in [5, 5.41) is 17.5. The number of likely N-dealkylation sites (tertiary alicyclic amines) is 2. The number of piperidine rings is 2. The normalized spacial score (nSPS) is 20.0. The van der Waals surface area contributed by atoms with E-state index in [1.165, 1.54) is 38.5 Å². The molecule has 2 saturated heterocycles. The Morgan fingerprint density at radius 2 is 1.07 bits per heavy atom. The third-order valence-electron chi connectivity index (χ3n) is 9.93. The second-order valence-corrected chi connectivity index (χ2v) is 13.4. The van der Waals surface area contributed by atoms with Crippen molar-refractivity contribution in [2.45, 2.75) is 103 Å². The molecule has 2 aliphatic heterocycles. The van der Waals surface area contributed by atoms with Crippen molar-refractivity contribution >= 4 is 5.78 Å². The van der Waals surface area contributed by atoms with Gasteiger partial charge in [0.2, 0.25) is 11.8 Å². The van der Waals surface area contributed by atoms with E-state index in [1.54, 1.807) is 0 Å². The van der Waals surface area contributed by atoms with E-state index in [4.69, 9.17) is 8.83 Å². The van der Waals surface area contributed by atoms with Crippen LogP contribution < -0.4 is 0 Å². The minimum Gasteiger partial charge on any atom is -0.419 e. The zero-order chi connectivity index (χ0) is 29.8. The van der Waals surface area contributed by atoms with Crippen LogP contribution in [0, 0.1) is 13.8 Å².